The van der Waals surface area contributed by atoms with Crippen molar-refractivity contribution >= 4 is 11.6 Å². The fourth-order valence-corrected chi connectivity index (χ4v) is 1.79. The van der Waals surface area contributed by atoms with Gasteiger partial charge in [-0.05, 0) is 23.6 Å². The lowest BCUT2D eigenvalue weighted by molar-refractivity contribution is 0.103. The van der Waals surface area contributed by atoms with Crippen LogP contribution in [-0.4, -0.2) is 5.11 Å². The zero-order valence-electron chi connectivity index (χ0n) is 8.70. The van der Waals surface area contributed by atoms with Crippen molar-refractivity contribution < 1.29 is 5.11 Å². The molecule has 0 spiro atoms. The second-order valence-electron chi connectivity index (χ2n) is 3.57. The van der Waals surface area contributed by atoms with Crippen LogP contribution >= 0.6 is 11.6 Å². The van der Waals surface area contributed by atoms with Gasteiger partial charge in [0, 0.05) is 5.02 Å². The van der Waals surface area contributed by atoms with Gasteiger partial charge in [0.05, 0.1) is 6.10 Å². The molecule has 1 N–H and O–H groups in total. The summed E-state index contributed by atoms with van der Waals surface area (Å²) in [5.74, 6) is 0.344. The molecule has 0 saturated carbocycles. The molecule has 0 heterocycles. The van der Waals surface area contributed by atoms with E-state index < -0.39 is 0 Å². The van der Waals surface area contributed by atoms with Crippen molar-refractivity contribution in [2.24, 2.45) is 5.92 Å². The lowest BCUT2D eigenvalue weighted by Crippen LogP contribution is -2.10. The van der Waals surface area contributed by atoms with Gasteiger partial charge >= 0.3 is 0 Å². The molecule has 0 fully saturated rings. The van der Waals surface area contributed by atoms with Gasteiger partial charge in [0.1, 0.15) is 0 Å². The Labute approximate surface area is 90.7 Å². The number of hydrogen-bond donors (Lipinski definition) is 1. The minimum atomic E-state index is -0.359. The van der Waals surface area contributed by atoms with E-state index in [4.69, 9.17) is 11.6 Å². The van der Waals surface area contributed by atoms with Crippen LogP contribution in [0.4, 0.5) is 0 Å². The van der Waals surface area contributed by atoms with E-state index in [9.17, 15) is 5.11 Å². The molecule has 0 aromatic heterocycles. The van der Waals surface area contributed by atoms with Gasteiger partial charge in [0.25, 0.3) is 0 Å². The first-order chi connectivity index (χ1) is 6.69. The average Bonchev–Trinajstić information content (AvgIpc) is 2.20. The largest absolute Gasteiger partial charge is 0.388 e. The molecule has 0 aliphatic carbocycles. The Morgan fingerprint density at radius 1 is 1.14 bits per heavy atom. The highest BCUT2D eigenvalue weighted by atomic mass is 35.5. The van der Waals surface area contributed by atoms with Crippen LogP contribution < -0.4 is 0 Å². The Kier molecular flexibility index (Phi) is 4.43. The smallest absolute Gasteiger partial charge is 0.0818 e. The fourth-order valence-electron chi connectivity index (χ4n) is 1.67. The van der Waals surface area contributed by atoms with Gasteiger partial charge in [-0.25, -0.2) is 0 Å². The van der Waals surface area contributed by atoms with Gasteiger partial charge in [0.2, 0.25) is 0 Å². The highest BCUT2D eigenvalue weighted by molar-refractivity contribution is 6.30. The zero-order chi connectivity index (χ0) is 10.6. The molecular weight excluding hydrogens is 196 g/mol. The number of aliphatic hydroxyl groups excluding tert-OH is 1. The lowest BCUT2D eigenvalue weighted by Gasteiger charge is -2.20. The highest BCUT2D eigenvalue weighted by Gasteiger charge is 2.16. The standard InChI is InChI=1S/C12H17ClO/c1-3-9(4-2)12(14)10-5-7-11(13)8-6-10/h5-9,12,14H,3-4H2,1-2H3. The quantitative estimate of drug-likeness (QED) is 0.805. The van der Waals surface area contributed by atoms with Crippen molar-refractivity contribution in [2.75, 3.05) is 0 Å². The second kappa shape index (κ2) is 5.38. The molecule has 1 rings (SSSR count). The van der Waals surface area contributed by atoms with Gasteiger partial charge in [-0.15, -0.1) is 0 Å². The maximum absolute atomic E-state index is 10.0. The first-order valence-electron chi connectivity index (χ1n) is 5.12. The van der Waals surface area contributed by atoms with Crippen LogP contribution in [0.25, 0.3) is 0 Å². The van der Waals surface area contributed by atoms with Gasteiger partial charge in [-0.1, -0.05) is 50.4 Å². The van der Waals surface area contributed by atoms with Crippen LogP contribution in [0.15, 0.2) is 24.3 Å². The summed E-state index contributed by atoms with van der Waals surface area (Å²) in [5.41, 5.74) is 0.961. The van der Waals surface area contributed by atoms with Crippen LogP contribution in [0, 0.1) is 5.92 Å². The monoisotopic (exact) mass is 212 g/mol. The summed E-state index contributed by atoms with van der Waals surface area (Å²) in [7, 11) is 0. The van der Waals surface area contributed by atoms with Crippen LogP contribution in [-0.2, 0) is 0 Å². The van der Waals surface area contributed by atoms with Crippen molar-refractivity contribution in [1.82, 2.24) is 0 Å². The van der Waals surface area contributed by atoms with Crippen molar-refractivity contribution in [3.63, 3.8) is 0 Å². The molecule has 0 saturated heterocycles. The number of hydrogen-bond acceptors (Lipinski definition) is 1. The number of aliphatic hydroxyl groups is 1. The van der Waals surface area contributed by atoms with Crippen LogP contribution in [0.1, 0.15) is 38.4 Å². The molecule has 0 amide bonds. The van der Waals surface area contributed by atoms with E-state index in [0.717, 1.165) is 18.4 Å². The summed E-state index contributed by atoms with van der Waals surface area (Å²) in [5, 5.41) is 10.7. The Balaban J connectivity index is 2.77. The van der Waals surface area contributed by atoms with E-state index in [-0.39, 0.29) is 6.10 Å². The maximum Gasteiger partial charge on any atom is 0.0818 e. The van der Waals surface area contributed by atoms with Crippen LogP contribution in [0.5, 0.6) is 0 Å². The summed E-state index contributed by atoms with van der Waals surface area (Å²) in [6.07, 6.45) is 1.64. The van der Waals surface area contributed by atoms with Crippen LogP contribution in [0.3, 0.4) is 0 Å². The third-order valence-electron chi connectivity index (χ3n) is 2.71. The van der Waals surface area contributed by atoms with Crippen molar-refractivity contribution in [2.45, 2.75) is 32.8 Å². The first-order valence-corrected chi connectivity index (χ1v) is 5.50. The molecule has 0 aliphatic rings. The average molecular weight is 213 g/mol. The number of benzene rings is 1. The SMILES string of the molecule is CCC(CC)C(O)c1ccc(Cl)cc1. The Bertz CT molecular complexity index is 264. The Morgan fingerprint density at radius 3 is 2.07 bits per heavy atom. The Hall–Kier alpha value is -0.530. The van der Waals surface area contributed by atoms with Crippen molar-refractivity contribution in [1.29, 1.82) is 0 Å². The van der Waals surface area contributed by atoms with Crippen LogP contribution in [0.2, 0.25) is 5.02 Å². The highest BCUT2D eigenvalue weighted by Crippen LogP contribution is 2.27. The molecular formula is C12H17ClO. The number of rotatable bonds is 4. The molecule has 1 atom stereocenters. The van der Waals surface area contributed by atoms with Crippen molar-refractivity contribution in [3.05, 3.63) is 34.9 Å². The molecule has 14 heavy (non-hydrogen) atoms. The zero-order valence-corrected chi connectivity index (χ0v) is 9.46. The molecule has 0 aliphatic heterocycles. The second-order valence-corrected chi connectivity index (χ2v) is 4.01. The molecule has 0 radical (unpaired) electrons. The summed E-state index contributed by atoms with van der Waals surface area (Å²) in [4.78, 5) is 0. The molecule has 2 heteroatoms. The lowest BCUT2D eigenvalue weighted by atomic mass is 9.91. The third-order valence-corrected chi connectivity index (χ3v) is 2.96. The third kappa shape index (κ3) is 2.73. The van der Waals surface area contributed by atoms with Gasteiger partial charge < -0.3 is 5.11 Å². The maximum atomic E-state index is 10.0. The molecule has 1 unspecified atom stereocenters. The van der Waals surface area contributed by atoms with Gasteiger partial charge in [-0.3, -0.25) is 0 Å². The predicted molar refractivity (Wildman–Crippen MR) is 60.5 cm³/mol. The van der Waals surface area contributed by atoms with Gasteiger partial charge in [-0.2, -0.15) is 0 Å². The minimum Gasteiger partial charge on any atom is -0.388 e. The van der Waals surface area contributed by atoms with E-state index >= 15 is 0 Å². The molecule has 1 nitrogen and oxygen atoms in total. The topological polar surface area (TPSA) is 20.2 Å². The molecule has 1 aromatic rings. The molecule has 1 aromatic carbocycles. The summed E-state index contributed by atoms with van der Waals surface area (Å²) < 4.78 is 0. The van der Waals surface area contributed by atoms with Crippen molar-refractivity contribution in [3.8, 4) is 0 Å². The van der Waals surface area contributed by atoms with E-state index in [1.807, 2.05) is 24.3 Å². The molecule has 0 bridgehead atoms. The summed E-state index contributed by atoms with van der Waals surface area (Å²) >= 11 is 5.78. The van der Waals surface area contributed by atoms with E-state index in [1.54, 1.807) is 0 Å². The van der Waals surface area contributed by atoms with Gasteiger partial charge in [0.15, 0.2) is 0 Å². The molecule has 78 valence electrons. The predicted octanol–water partition coefficient (Wildman–Crippen LogP) is 3.81. The van der Waals surface area contributed by atoms with E-state index in [2.05, 4.69) is 13.8 Å². The summed E-state index contributed by atoms with van der Waals surface area (Å²) in [6.45, 7) is 4.21. The van der Waals surface area contributed by atoms with E-state index in [1.165, 1.54) is 0 Å². The normalized spacial score (nSPS) is 13.2. The fraction of sp³-hybridized carbons (Fsp3) is 0.500. The minimum absolute atomic E-state index is 0.344. The number of halogens is 1. The first kappa shape index (κ1) is 11.5. The summed E-state index contributed by atoms with van der Waals surface area (Å²) in [6, 6.07) is 7.43. The Morgan fingerprint density at radius 2 is 1.64 bits per heavy atom. The van der Waals surface area contributed by atoms with E-state index in [0.29, 0.717) is 10.9 Å².